The van der Waals surface area contributed by atoms with Gasteiger partial charge >= 0.3 is 6.36 Å². The summed E-state index contributed by atoms with van der Waals surface area (Å²) in [5.41, 5.74) is 0.295. The fraction of sp³-hybridized carbons (Fsp3) is 0.625. The molecule has 1 aromatic rings. The van der Waals surface area contributed by atoms with Crippen LogP contribution in [0.2, 0.25) is 0 Å². The van der Waals surface area contributed by atoms with Crippen LogP contribution < -0.4 is 14.2 Å². The predicted octanol–water partition coefficient (Wildman–Crippen LogP) is 4.86. The monoisotopic (exact) mass is 318 g/mol. The molecule has 0 atom stereocenters. The van der Waals surface area contributed by atoms with E-state index in [1.54, 1.807) is 13.0 Å². The number of halogens is 3. The largest absolute Gasteiger partial charge is 0.573 e. The topological polar surface area (TPSA) is 27.7 Å². The summed E-state index contributed by atoms with van der Waals surface area (Å²) in [7, 11) is 0. The van der Waals surface area contributed by atoms with Gasteiger partial charge in [-0.3, -0.25) is 0 Å². The zero-order chi connectivity index (χ0) is 16.2. The fourth-order valence-corrected chi connectivity index (χ4v) is 2.70. The minimum atomic E-state index is -4.76. The highest BCUT2D eigenvalue weighted by molar-refractivity contribution is 5.53. The van der Waals surface area contributed by atoms with Crippen LogP contribution >= 0.6 is 0 Å². The van der Waals surface area contributed by atoms with Gasteiger partial charge in [0.15, 0.2) is 11.5 Å². The van der Waals surface area contributed by atoms with Gasteiger partial charge in [-0.1, -0.05) is 12.8 Å². The minimum absolute atomic E-state index is 0.116. The van der Waals surface area contributed by atoms with Gasteiger partial charge in [0.2, 0.25) is 0 Å². The van der Waals surface area contributed by atoms with E-state index in [-0.39, 0.29) is 11.5 Å². The molecule has 0 N–H and O–H groups in total. The Morgan fingerprint density at radius 2 is 1.73 bits per heavy atom. The van der Waals surface area contributed by atoms with E-state index >= 15 is 0 Å². The molecule has 0 bridgehead atoms. The van der Waals surface area contributed by atoms with Crippen molar-refractivity contribution in [1.82, 2.24) is 0 Å². The first-order chi connectivity index (χ1) is 10.4. The average molecular weight is 318 g/mol. The number of benzene rings is 1. The molecule has 1 aliphatic rings. The number of ether oxygens (including phenoxy) is 3. The molecule has 2 rings (SSSR count). The molecule has 0 unspecified atom stereocenters. The van der Waals surface area contributed by atoms with Gasteiger partial charge in [-0.2, -0.15) is 0 Å². The van der Waals surface area contributed by atoms with E-state index < -0.39 is 6.36 Å². The molecule has 3 nitrogen and oxygen atoms in total. The lowest BCUT2D eigenvalue weighted by atomic mass is 10.1. The lowest BCUT2D eigenvalue weighted by molar-refractivity contribution is -0.275. The van der Waals surface area contributed by atoms with Crippen LogP contribution in [0.1, 0.15) is 38.2 Å². The van der Waals surface area contributed by atoms with E-state index in [2.05, 4.69) is 4.74 Å². The van der Waals surface area contributed by atoms with Gasteiger partial charge < -0.3 is 14.2 Å². The molecule has 0 spiro atoms. The Labute approximate surface area is 128 Å². The summed E-state index contributed by atoms with van der Waals surface area (Å²) >= 11 is 0. The van der Waals surface area contributed by atoms with Crippen LogP contribution in [0.3, 0.4) is 0 Å². The van der Waals surface area contributed by atoms with E-state index in [9.17, 15) is 13.2 Å². The van der Waals surface area contributed by atoms with E-state index in [0.29, 0.717) is 30.4 Å². The zero-order valence-electron chi connectivity index (χ0n) is 12.8. The molecule has 1 aliphatic carbocycles. The maximum Gasteiger partial charge on any atom is 0.573 e. The Kier molecular flexibility index (Phi) is 5.42. The second-order valence-electron chi connectivity index (χ2n) is 5.46. The molecule has 22 heavy (non-hydrogen) atoms. The Morgan fingerprint density at radius 1 is 1.09 bits per heavy atom. The van der Waals surface area contributed by atoms with Crippen molar-refractivity contribution >= 4 is 0 Å². The molecule has 1 fully saturated rings. The van der Waals surface area contributed by atoms with E-state index in [4.69, 9.17) is 9.47 Å². The summed E-state index contributed by atoms with van der Waals surface area (Å²) in [6, 6.07) is 3.10. The summed E-state index contributed by atoms with van der Waals surface area (Å²) in [6.45, 7) is 4.10. The van der Waals surface area contributed by atoms with Gasteiger partial charge in [0.1, 0.15) is 5.75 Å². The SMILES string of the molecule is CCOc1ccc(OCC2CCCC2)c(OC(F)(F)F)c1C. The molecule has 0 aliphatic heterocycles. The van der Waals surface area contributed by atoms with Crippen LogP contribution in [0, 0.1) is 12.8 Å². The maximum absolute atomic E-state index is 12.6. The van der Waals surface area contributed by atoms with Gasteiger partial charge in [0, 0.05) is 5.56 Å². The van der Waals surface area contributed by atoms with Crippen LogP contribution in [0.15, 0.2) is 12.1 Å². The summed E-state index contributed by atoms with van der Waals surface area (Å²) in [6.07, 6.45) is -0.331. The van der Waals surface area contributed by atoms with Crippen LogP contribution in [0.25, 0.3) is 0 Å². The van der Waals surface area contributed by atoms with Crippen LogP contribution in [0.5, 0.6) is 17.2 Å². The molecule has 6 heteroatoms. The van der Waals surface area contributed by atoms with Crippen molar-refractivity contribution in [3.63, 3.8) is 0 Å². The second-order valence-corrected chi connectivity index (χ2v) is 5.46. The van der Waals surface area contributed by atoms with E-state index in [0.717, 1.165) is 25.7 Å². The lowest BCUT2D eigenvalue weighted by Crippen LogP contribution is -2.19. The highest BCUT2D eigenvalue weighted by atomic mass is 19.4. The van der Waals surface area contributed by atoms with Crippen molar-refractivity contribution in [3.05, 3.63) is 17.7 Å². The Hall–Kier alpha value is -1.59. The third-order valence-electron chi connectivity index (χ3n) is 3.79. The third-order valence-corrected chi connectivity index (χ3v) is 3.79. The maximum atomic E-state index is 12.6. The quantitative estimate of drug-likeness (QED) is 0.749. The molecule has 0 heterocycles. The van der Waals surface area contributed by atoms with Crippen LogP contribution in [-0.2, 0) is 0 Å². The van der Waals surface area contributed by atoms with E-state index in [1.165, 1.54) is 13.0 Å². The third kappa shape index (κ3) is 4.45. The first kappa shape index (κ1) is 16.8. The molecule has 0 aromatic heterocycles. The zero-order valence-corrected chi connectivity index (χ0v) is 12.8. The first-order valence-electron chi connectivity index (χ1n) is 7.55. The van der Waals surface area contributed by atoms with Crippen LogP contribution in [-0.4, -0.2) is 19.6 Å². The molecule has 0 amide bonds. The van der Waals surface area contributed by atoms with Crippen molar-refractivity contribution in [3.8, 4) is 17.2 Å². The summed E-state index contributed by atoms with van der Waals surface area (Å²) in [5, 5.41) is 0. The highest BCUT2D eigenvalue weighted by Gasteiger charge is 2.34. The molecular formula is C16H21F3O3. The van der Waals surface area contributed by atoms with Gasteiger partial charge in [0.25, 0.3) is 0 Å². The van der Waals surface area contributed by atoms with Crippen molar-refractivity contribution in [1.29, 1.82) is 0 Å². The van der Waals surface area contributed by atoms with Crippen molar-refractivity contribution < 1.29 is 27.4 Å². The summed E-state index contributed by atoms with van der Waals surface area (Å²) in [5.74, 6) is 0.585. The predicted molar refractivity (Wildman–Crippen MR) is 76.5 cm³/mol. The normalized spacial score (nSPS) is 15.9. The van der Waals surface area contributed by atoms with Gasteiger partial charge in [0.05, 0.1) is 13.2 Å². The number of alkyl halides is 3. The number of hydrogen-bond acceptors (Lipinski definition) is 3. The molecule has 0 radical (unpaired) electrons. The molecule has 124 valence electrons. The fourth-order valence-electron chi connectivity index (χ4n) is 2.70. The molecule has 1 saturated carbocycles. The Bertz CT molecular complexity index is 494. The standard InChI is InChI=1S/C16H21F3O3/c1-3-20-13-8-9-14(21-10-12-6-4-5-7-12)15(11(13)2)22-16(17,18)19/h8-9,12H,3-7,10H2,1-2H3. The Balaban J connectivity index is 2.20. The average Bonchev–Trinajstić information content (AvgIpc) is 2.94. The Morgan fingerprint density at radius 3 is 2.32 bits per heavy atom. The van der Waals surface area contributed by atoms with Crippen molar-refractivity contribution in [2.75, 3.05) is 13.2 Å². The smallest absolute Gasteiger partial charge is 0.493 e. The minimum Gasteiger partial charge on any atom is -0.493 e. The highest BCUT2D eigenvalue weighted by Crippen LogP contribution is 2.40. The molecular weight excluding hydrogens is 297 g/mol. The van der Waals surface area contributed by atoms with E-state index in [1.807, 2.05) is 0 Å². The first-order valence-corrected chi connectivity index (χ1v) is 7.55. The lowest BCUT2D eigenvalue weighted by Gasteiger charge is -2.19. The van der Waals surface area contributed by atoms with Crippen molar-refractivity contribution in [2.45, 2.75) is 45.9 Å². The van der Waals surface area contributed by atoms with Gasteiger partial charge in [-0.05, 0) is 44.7 Å². The van der Waals surface area contributed by atoms with Crippen molar-refractivity contribution in [2.24, 2.45) is 5.92 Å². The second kappa shape index (κ2) is 7.11. The number of hydrogen-bond donors (Lipinski definition) is 0. The summed E-state index contributed by atoms with van der Waals surface area (Å²) < 4.78 is 53.0. The number of rotatable bonds is 6. The van der Waals surface area contributed by atoms with Crippen LogP contribution in [0.4, 0.5) is 13.2 Å². The summed E-state index contributed by atoms with van der Waals surface area (Å²) in [4.78, 5) is 0. The van der Waals surface area contributed by atoms with Gasteiger partial charge in [-0.25, -0.2) is 0 Å². The molecule has 0 saturated heterocycles. The molecule has 1 aromatic carbocycles. The van der Waals surface area contributed by atoms with Gasteiger partial charge in [-0.15, -0.1) is 13.2 Å².